The largest absolute Gasteiger partial charge is 0.360 e. The van der Waals surface area contributed by atoms with E-state index in [1.807, 2.05) is 11.0 Å². The van der Waals surface area contributed by atoms with Gasteiger partial charge in [0.15, 0.2) is 5.78 Å². The molecular weight excluding hydrogens is 448 g/mol. The van der Waals surface area contributed by atoms with Crippen LogP contribution in [0.3, 0.4) is 0 Å². The van der Waals surface area contributed by atoms with Gasteiger partial charge in [-0.15, -0.1) is 0 Å². The van der Waals surface area contributed by atoms with Crippen LogP contribution < -0.4 is 0 Å². The molecule has 0 saturated carbocycles. The lowest BCUT2D eigenvalue weighted by atomic mass is 9.98. The maximum atomic E-state index is 13.5. The minimum Gasteiger partial charge on any atom is -0.360 e. The normalized spacial score (nSPS) is 14.4. The molecule has 1 N–H and O–H groups in total. The number of piperazine rings is 1. The number of aromatic nitrogens is 1. The second-order valence-electron chi connectivity index (χ2n) is 8.78. The smallest absolute Gasteiger partial charge is 0.254 e. The van der Waals surface area contributed by atoms with Gasteiger partial charge in [-0.1, -0.05) is 18.2 Å². The second kappa shape index (κ2) is 9.80. The summed E-state index contributed by atoms with van der Waals surface area (Å²) in [4.78, 5) is 33.8. The molecule has 0 radical (unpaired) electrons. The fourth-order valence-corrected chi connectivity index (χ4v) is 4.58. The molecule has 3 aromatic carbocycles. The van der Waals surface area contributed by atoms with Crippen molar-refractivity contribution in [1.29, 1.82) is 0 Å². The average Bonchev–Trinajstić information content (AvgIpc) is 3.33. The number of halogens is 2. The van der Waals surface area contributed by atoms with Gasteiger partial charge in [0.25, 0.3) is 5.91 Å². The van der Waals surface area contributed by atoms with E-state index < -0.39 is 5.82 Å². The van der Waals surface area contributed by atoms with Crippen molar-refractivity contribution in [2.75, 3.05) is 32.7 Å². The Kier molecular flexibility index (Phi) is 6.42. The Bertz CT molecular complexity index is 1360. The predicted molar refractivity (Wildman–Crippen MR) is 131 cm³/mol. The van der Waals surface area contributed by atoms with Crippen LogP contribution in [-0.2, 0) is 6.42 Å². The molecule has 35 heavy (non-hydrogen) atoms. The number of hydrogen-bond acceptors (Lipinski definition) is 3. The van der Waals surface area contributed by atoms with Crippen LogP contribution in [0.1, 0.15) is 31.8 Å². The zero-order valence-electron chi connectivity index (χ0n) is 19.1. The predicted octanol–water partition coefficient (Wildman–Crippen LogP) is 4.68. The fourth-order valence-electron chi connectivity index (χ4n) is 4.58. The van der Waals surface area contributed by atoms with Crippen LogP contribution >= 0.6 is 0 Å². The maximum absolute atomic E-state index is 13.5. The van der Waals surface area contributed by atoms with Crippen LogP contribution in [0.4, 0.5) is 8.78 Å². The topological polar surface area (TPSA) is 56.4 Å². The van der Waals surface area contributed by atoms with Crippen molar-refractivity contribution in [3.05, 3.63) is 107 Å². The van der Waals surface area contributed by atoms with E-state index in [4.69, 9.17) is 0 Å². The summed E-state index contributed by atoms with van der Waals surface area (Å²) in [6.45, 7) is 3.51. The molecule has 1 fully saturated rings. The highest BCUT2D eigenvalue weighted by molar-refractivity contribution is 6.20. The lowest BCUT2D eigenvalue weighted by Gasteiger charge is -2.35. The van der Waals surface area contributed by atoms with E-state index in [0.717, 1.165) is 31.6 Å². The highest BCUT2D eigenvalue weighted by atomic mass is 19.1. The molecule has 0 aliphatic carbocycles. The Morgan fingerprint density at radius 1 is 0.800 bits per heavy atom. The Morgan fingerprint density at radius 3 is 2.14 bits per heavy atom. The highest BCUT2D eigenvalue weighted by Crippen LogP contribution is 2.26. The third-order valence-electron chi connectivity index (χ3n) is 6.58. The summed E-state index contributed by atoms with van der Waals surface area (Å²) in [5, 5.41) is 0.588. The molecular formula is C28H25F2N3O2. The van der Waals surface area contributed by atoms with E-state index >= 15 is 0 Å². The highest BCUT2D eigenvalue weighted by Gasteiger charge is 2.26. The molecule has 0 spiro atoms. The minimum atomic E-state index is -0.409. The van der Waals surface area contributed by atoms with E-state index in [1.165, 1.54) is 36.4 Å². The van der Waals surface area contributed by atoms with Crippen LogP contribution in [0.2, 0.25) is 0 Å². The molecule has 1 aromatic heterocycles. The van der Waals surface area contributed by atoms with Crippen molar-refractivity contribution in [3.63, 3.8) is 0 Å². The van der Waals surface area contributed by atoms with Crippen molar-refractivity contribution < 1.29 is 18.4 Å². The van der Waals surface area contributed by atoms with Gasteiger partial charge in [-0.05, 0) is 60.5 Å². The third kappa shape index (κ3) is 4.86. The van der Waals surface area contributed by atoms with Gasteiger partial charge in [0.1, 0.15) is 11.6 Å². The monoisotopic (exact) mass is 473 g/mol. The Balaban J connectivity index is 1.29. The number of benzene rings is 3. The molecule has 1 amide bonds. The Morgan fingerprint density at radius 2 is 1.46 bits per heavy atom. The molecule has 1 saturated heterocycles. The lowest BCUT2D eigenvalue weighted by molar-refractivity contribution is 0.0640. The summed E-state index contributed by atoms with van der Waals surface area (Å²) in [6.07, 6.45) is 2.44. The molecule has 4 aromatic rings. The SMILES string of the molecule is O=C(c1ccc(F)cc1)c1c[nH]c2cccc(C(=O)N3CCN(CCc4ccc(F)cc4)CC3)c12. The molecule has 2 heterocycles. The first kappa shape index (κ1) is 22.9. The molecule has 0 unspecified atom stereocenters. The van der Waals surface area contributed by atoms with Crippen LogP contribution in [0.5, 0.6) is 0 Å². The van der Waals surface area contributed by atoms with Crippen molar-refractivity contribution in [2.45, 2.75) is 6.42 Å². The van der Waals surface area contributed by atoms with Crippen molar-refractivity contribution in [1.82, 2.24) is 14.8 Å². The van der Waals surface area contributed by atoms with E-state index in [-0.39, 0.29) is 17.5 Å². The first-order valence-electron chi connectivity index (χ1n) is 11.7. The molecule has 0 atom stereocenters. The molecule has 5 rings (SSSR count). The number of carbonyl (C=O) groups is 2. The lowest BCUT2D eigenvalue weighted by Crippen LogP contribution is -2.49. The summed E-state index contributed by atoms with van der Waals surface area (Å²) in [5.41, 5.74) is 3.04. The van der Waals surface area contributed by atoms with Gasteiger partial charge in [0.2, 0.25) is 0 Å². The summed E-state index contributed by atoms with van der Waals surface area (Å²) in [7, 11) is 0. The van der Waals surface area contributed by atoms with Crippen molar-refractivity contribution in [2.24, 2.45) is 0 Å². The molecule has 1 aliphatic rings. The standard InChI is InChI=1S/C28H25F2N3O2/c29-21-8-4-19(5-9-21)12-13-32-14-16-33(17-15-32)28(35)23-2-1-3-25-26(23)24(18-31-25)27(34)20-6-10-22(30)11-7-20/h1-11,18,31H,12-17H2. The van der Waals surface area contributed by atoms with Crippen LogP contribution in [0, 0.1) is 11.6 Å². The van der Waals surface area contributed by atoms with E-state index in [9.17, 15) is 18.4 Å². The maximum Gasteiger partial charge on any atom is 0.254 e. The zero-order valence-corrected chi connectivity index (χ0v) is 19.1. The van der Waals surface area contributed by atoms with Crippen molar-refractivity contribution in [3.8, 4) is 0 Å². The van der Waals surface area contributed by atoms with E-state index in [2.05, 4.69) is 9.88 Å². The molecule has 1 aliphatic heterocycles. The number of H-pyrrole nitrogens is 1. The van der Waals surface area contributed by atoms with Gasteiger partial charge in [-0.3, -0.25) is 14.5 Å². The number of fused-ring (bicyclic) bond motifs is 1. The summed E-state index contributed by atoms with van der Waals surface area (Å²) < 4.78 is 26.4. The van der Waals surface area contributed by atoms with Gasteiger partial charge in [0, 0.05) is 66.5 Å². The molecule has 7 heteroatoms. The van der Waals surface area contributed by atoms with Gasteiger partial charge < -0.3 is 9.88 Å². The first-order valence-corrected chi connectivity index (χ1v) is 11.7. The molecule has 5 nitrogen and oxygen atoms in total. The number of carbonyl (C=O) groups excluding carboxylic acids is 2. The number of hydrogen-bond donors (Lipinski definition) is 1. The van der Waals surface area contributed by atoms with Gasteiger partial charge in [-0.25, -0.2) is 8.78 Å². The van der Waals surface area contributed by atoms with Gasteiger partial charge in [0.05, 0.1) is 0 Å². The Hall–Kier alpha value is -3.84. The minimum absolute atomic E-state index is 0.110. The zero-order chi connectivity index (χ0) is 24.4. The summed E-state index contributed by atoms with van der Waals surface area (Å²) in [6, 6.07) is 17.4. The van der Waals surface area contributed by atoms with E-state index in [1.54, 1.807) is 30.5 Å². The number of rotatable bonds is 6. The number of nitrogens with zero attached hydrogens (tertiary/aromatic N) is 2. The fraction of sp³-hybridized carbons (Fsp3) is 0.214. The Labute approximate surface area is 202 Å². The second-order valence-corrected chi connectivity index (χ2v) is 8.78. The number of aromatic amines is 1. The van der Waals surface area contributed by atoms with Crippen LogP contribution in [0.25, 0.3) is 10.9 Å². The number of nitrogens with one attached hydrogen (secondary N) is 1. The molecule has 178 valence electrons. The van der Waals surface area contributed by atoms with E-state index in [0.29, 0.717) is 40.7 Å². The molecule has 0 bridgehead atoms. The van der Waals surface area contributed by atoms with Gasteiger partial charge >= 0.3 is 0 Å². The van der Waals surface area contributed by atoms with Gasteiger partial charge in [-0.2, -0.15) is 0 Å². The first-order chi connectivity index (χ1) is 17.0. The summed E-state index contributed by atoms with van der Waals surface area (Å²) in [5.74, 6) is -1.02. The van der Waals surface area contributed by atoms with Crippen molar-refractivity contribution >= 4 is 22.6 Å². The third-order valence-corrected chi connectivity index (χ3v) is 6.58. The summed E-state index contributed by atoms with van der Waals surface area (Å²) >= 11 is 0. The van der Waals surface area contributed by atoms with Crippen LogP contribution in [-0.4, -0.2) is 59.2 Å². The van der Waals surface area contributed by atoms with Crippen LogP contribution in [0.15, 0.2) is 72.9 Å². The quantitative estimate of drug-likeness (QED) is 0.414. The number of ketones is 1. The number of amides is 1. The average molecular weight is 474 g/mol.